The standard InChI is InChI=1S/C19H34N2O6/c1-7-11(8-2)15(20-10(3)22)14-13(9-12(16(14)23)17(24)25)21-18(26)27-19(4,5)6/h11-16,23H,7-9H2,1-6H3,(H,20,22)(H,21,26)(H,24,25)/t12?,13-,14-,15?,16-/m1/s1. The molecule has 27 heavy (non-hydrogen) atoms. The topological polar surface area (TPSA) is 125 Å². The van der Waals surface area contributed by atoms with E-state index < -0.39 is 47.7 Å². The van der Waals surface area contributed by atoms with Gasteiger partial charge in [-0.15, -0.1) is 0 Å². The molecule has 8 nitrogen and oxygen atoms in total. The first-order valence-corrected chi connectivity index (χ1v) is 9.58. The first-order chi connectivity index (χ1) is 12.4. The zero-order valence-electron chi connectivity index (χ0n) is 17.1. The van der Waals surface area contributed by atoms with Crippen LogP contribution in [0.4, 0.5) is 4.79 Å². The third-order valence-electron chi connectivity index (χ3n) is 5.14. The van der Waals surface area contributed by atoms with Gasteiger partial charge in [0.25, 0.3) is 0 Å². The van der Waals surface area contributed by atoms with E-state index in [1.165, 1.54) is 6.92 Å². The number of aliphatic hydroxyl groups is 1. The lowest BCUT2D eigenvalue weighted by Crippen LogP contribution is -2.54. The van der Waals surface area contributed by atoms with Crippen LogP contribution in [-0.4, -0.2) is 52.0 Å². The highest BCUT2D eigenvalue weighted by Gasteiger charge is 2.51. The van der Waals surface area contributed by atoms with Gasteiger partial charge in [-0.3, -0.25) is 9.59 Å². The molecule has 1 aliphatic carbocycles. The second-order valence-corrected chi connectivity index (χ2v) is 8.30. The Bertz CT molecular complexity index is 541. The number of nitrogens with one attached hydrogen (secondary N) is 2. The predicted octanol–water partition coefficient (Wildman–Crippen LogP) is 1.90. The number of hydrogen-bond acceptors (Lipinski definition) is 5. The van der Waals surface area contributed by atoms with Crippen LogP contribution in [0, 0.1) is 17.8 Å². The molecule has 0 spiro atoms. The molecule has 156 valence electrons. The van der Waals surface area contributed by atoms with Crippen molar-refractivity contribution < 1.29 is 29.3 Å². The number of carboxylic acids is 1. The second kappa shape index (κ2) is 9.39. The summed E-state index contributed by atoms with van der Waals surface area (Å²) in [4.78, 5) is 35.6. The Morgan fingerprint density at radius 2 is 1.74 bits per heavy atom. The molecule has 8 heteroatoms. The first-order valence-electron chi connectivity index (χ1n) is 9.58. The lowest BCUT2D eigenvalue weighted by atomic mass is 9.80. The third kappa shape index (κ3) is 6.37. The SMILES string of the molecule is CCC(CC)C(NC(C)=O)[C@@H]1[C@H](O)C(C(=O)O)C[C@H]1NC(=O)OC(C)(C)C. The summed E-state index contributed by atoms with van der Waals surface area (Å²) in [7, 11) is 0. The fraction of sp³-hybridized carbons (Fsp3) is 0.842. The minimum absolute atomic E-state index is 0.0454. The molecule has 0 aliphatic heterocycles. The maximum Gasteiger partial charge on any atom is 0.407 e. The third-order valence-corrected chi connectivity index (χ3v) is 5.14. The van der Waals surface area contributed by atoms with E-state index in [0.29, 0.717) is 0 Å². The quantitative estimate of drug-likeness (QED) is 0.530. The van der Waals surface area contributed by atoms with E-state index in [4.69, 9.17) is 4.74 Å². The van der Waals surface area contributed by atoms with Gasteiger partial charge >= 0.3 is 12.1 Å². The number of carbonyl (C=O) groups is 3. The van der Waals surface area contributed by atoms with Gasteiger partial charge in [0.15, 0.2) is 0 Å². The predicted molar refractivity (Wildman–Crippen MR) is 100 cm³/mol. The van der Waals surface area contributed by atoms with Crippen LogP contribution in [0.5, 0.6) is 0 Å². The van der Waals surface area contributed by atoms with Crippen LogP contribution >= 0.6 is 0 Å². The number of ether oxygens (including phenoxy) is 1. The lowest BCUT2D eigenvalue weighted by molar-refractivity contribution is -0.145. The molecule has 0 heterocycles. The fourth-order valence-electron chi connectivity index (χ4n) is 3.96. The summed E-state index contributed by atoms with van der Waals surface area (Å²) < 4.78 is 5.29. The van der Waals surface area contributed by atoms with E-state index in [1.54, 1.807) is 20.8 Å². The molecule has 1 rings (SSSR count). The van der Waals surface area contributed by atoms with Crippen LogP contribution in [-0.2, 0) is 14.3 Å². The van der Waals surface area contributed by atoms with E-state index in [1.807, 2.05) is 13.8 Å². The smallest absolute Gasteiger partial charge is 0.407 e. The van der Waals surface area contributed by atoms with Crippen molar-refractivity contribution >= 4 is 18.0 Å². The molecule has 4 N–H and O–H groups in total. The summed E-state index contributed by atoms with van der Waals surface area (Å²) in [6, 6.07) is -1.06. The summed E-state index contributed by atoms with van der Waals surface area (Å²) in [5.41, 5.74) is -0.699. The zero-order chi connectivity index (χ0) is 20.9. The summed E-state index contributed by atoms with van der Waals surface area (Å²) >= 11 is 0. The van der Waals surface area contributed by atoms with Crippen LogP contribution in [0.2, 0.25) is 0 Å². The largest absolute Gasteiger partial charge is 0.481 e. The maximum atomic E-state index is 12.2. The summed E-state index contributed by atoms with van der Waals surface area (Å²) in [5.74, 6) is -2.96. The molecule has 5 atom stereocenters. The molecular formula is C19H34N2O6. The molecular weight excluding hydrogens is 352 g/mol. The van der Waals surface area contributed by atoms with Crippen molar-refractivity contribution in [1.82, 2.24) is 10.6 Å². The van der Waals surface area contributed by atoms with E-state index in [-0.39, 0.29) is 18.2 Å². The summed E-state index contributed by atoms with van der Waals surface area (Å²) in [6.07, 6.45) is -0.263. The maximum absolute atomic E-state index is 12.2. The molecule has 0 radical (unpaired) electrons. The van der Waals surface area contributed by atoms with Gasteiger partial charge in [-0.1, -0.05) is 26.7 Å². The Kier molecular flexibility index (Phi) is 8.07. The van der Waals surface area contributed by atoms with Crippen LogP contribution in [0.25, 0.3) is 0 Å². The molecule has 0 aromatic heterocycles. The fourth-order valence-corrected chi connectivity index (χ4v) is 3.96. The number of aliphatic hydroxyl groups excluding tert-OH is 1. The van der Waals surface area contributed by atoms with Crippen LogP contribution in [0.15, 0.2) is 0 Å². The van der Waals surface area contributed by atoms with Crippen molar-refractivity contribution in [2.24, 2.45) is 17.8 Å². The van der Waals surface area contributed by atoms with Crippen molar-refractivity contribution in [2.75, 3.05) is 0 Å². The van der Waals surface area contributed by atoms with E-state index in [9.17, 15) is 24.6 Å². The van der Waals surface area contributed by atoms with Crippen LogP contribution in [0.3, 0.4) is 0 Å². The molecule has 2 unspecified atom stereocenters. The van der Waals surface area contributed by atoms with Gasteiger partial charge in [-0.05, 0) is 33.1 Å². The number of aliphatic carboxylic acids is 1. The minimum Gasteiger partial charge on any atom is -0.481 e. The van der Waals surface area contributed by atoms with Crippen LogP contribution in [0.1, 0.15) is 60.8 Å². The Morgan fingerprint density at radius 3 is 2.15 bits per heavy atom. The molecule has 2 amide bonds. The second-order valence-electron chi connectivity index (χ2n) is 8.30. The summed E-state index contributed by atoms with van der Waals surface area (Å²) in [5, 5.41) is 25.8. The molecule has 1 fully saturated rings. The average Bonchev–Trinajstić information content (AvgIpc) is 2.81. The van der Waals surface area contributed by atoms with Crippen LogP contribution < -0.4 is 10.6 Å². The van der Waals surface area contributed by atoms with Crippen molar-refractivity contribution in [3.8, 4) is 0 Å². The molecule has 0 saturated heterocycles. The number of carboxylic acid groups (broad SMARTS) is 1. The van der Waals surface area contributed by atoms with Gasteiger partial charge in [0.2, 0.25) is 5.91 Å². The molecule has 0 bridgehead atoms. The van der Waals surface area contributed by atoms with Crippen molar-refractivity contribution in [1.29, 1.82) is 0 Å². The van der Waals surface area contributed by atoms with Crippen molar-refractivity contribution in [2.45, 2.75) is 84.6 Å². The molecule has 0 aromatic carbocycles. The lowest BCUT2D eigenvalue weighted by Gasteiger charge is -2.36. The highest BCUT2D eigenvalue weighted by Crippen LogP contribution is 2.38. The normalized spacial score (nSPS) is 26.5. The number of rotatable bonds is 7. The van der Waals surface area contributed by atoms with Gasteiger partial charge in [-0.25, -0.2) is 4.79 Å². The van der Waals surface area contributed by atoms with E-state index in [0.717, 1.165) is 12.8 Å². The van der Waals surface area contributed by atoms with E-state index >= 15 is 0 Å². The number of carbonyl (C=O) groups excluding carboxylic acids is 2. The summed E-state index contributed by atoms with van der Waals surface area (Å²) in [6.45, 7) is 10.6. The van der Waals surface area contributed by atoms with Gasteiger partial charge in [0.1, 0.15) is 5.60 Å². The van der Waals surface area contributed by atoms with Gasteiger partial charge in [-0.2, -0.15) is 0 Å². The Labute approximate surface area is 161 Å². The van der Waals surface area contributed by atoms with Gasteiger partial charge in [0.05, 0.1) is 12.0 Å². The average molecular weight is 386 g/mol. The van der Waals surface area contributed by atoms with E-state index in [2.05, 4.69) is 10.6 Å². The Morgan fingerprint density at radius 1 is 1.19 bits per heavy atom. The molecule has 0 aromatic rings. The van der Waals surface area contributed by atoms with Gasteiger partial charge < -0.3 is 25.6 Å². The molecule has 1 aliphatic rings. The van der Waals surface area contributed by atoms with Crippen molar-refractivity contribution in [3.05, 3.63) is 0 Å². The van der Waals surface area contributed by atoms with Gasteiger partial charge in [0, 0.05) is 24.9 Å². The molecule has 1 saturated carbocycles. The number of alkyl carbamates (subject to hydrolysis) is 1. The minimum atomic E-state index is -1.18. The number of hydrogen-bond donors (Lipinski definition) is 4. The number of amides is 2. The Balaban J connectivity index is 3.17. The zero-order valence-corrected chi connectivity index (χ0v) is 17.1. The Hall–Kier alpha value is -1.83. The monoisotopic (exact) mass is 386 g/mol. The van der Waals surface area contributed by atoms with Crippen molar-refractivity contribution in [3.63, 3.8) is 0 Å². The highest BCUT2D eigenvalue weighted by atomic mass is 16.6. The first kappa shape index (κ1) is 23.2. The highest BCUT2D eigenvalue weighted by molar-refractivity contribution is 5.74.